The normalized spacial score (nSPS) is 17.8. The van der Waals surface area contributed by atoms with Crippen LogP contribution in [0.5, 0.6) is 0 Å². The topological polar surface area (TPSA) is 43.1 Å². The molecule has 0 rings (SSSR count). The molecule has 0 aromatic carbocycles. The van der Waals surface area contributed by atoms with Crippen molar-refractivity contribution in [2.45, 2.75) is 34.6 Å². The summed E-state index contributed by atoms with van der Waals surface area (Å²) in [5, 5.41) is 0. The summed E-state index contributed by atoms with van der Waals surface area (Å²) in [5.74, 6) is -0.270. The van der Waals surface area contributed by atoms with Crippen LogP contribution in [0, 0.1) is 10.8 Å². The second-order valence-corrected chi connectivity index (χ2v) is 4.32. The molecule has 0 aliphatic rings. The van der Waals surface area contributed by atoms with Gasteiger partial charge in [0.25, 0.3) is 0 Å². The van der Waals surface area contributed by atoms with Crippen LogP contribution in [-0.4, -0.2) is 5.91 Å². The summed E-state index contributed by atoms with van der Waals surface area (Å²) in [6.07, 6.45) is 3.74. The summed E-state index contributed by atoms with van der Waals surface area (Å²) >= 11 is 0. The number of nitrogens with two attached hydrogens (primary N) is 1. The van der Waals surface area contributed by atoms with Crippen LogP contribution in [0.1, 0.15) is 34.6 Å². The van der Waals surface area contributed by atoms with Crippen molar-refractivity contribution in [3.63, 3.8) is 0 Å². The molecule has 0 aliphatic heterocycles. The summed E-state index contributed by atoms with van der Waals surface area (Å²) < 4.78 is 0. The Morgan fingerprint density at radius 2 is 1.67 bits per heavy atom. The van der Waals surface area contributed by atoms with Gasteiger partial charge in [0.2, 0.25) is 5.91 Å². The SMILES string of the molecule is CC=CC(C)(C(N)=O)C(C)(C)C. The number of hydrogen-bond donors (Lipinski definition) is 1. The Labute approximate surface area is 74.8 Å². The Hall–Kier alpha value is -0.790. The van der Waals surface area contributed by atoms with Gasteiger partial charge in [-0.15, -0.1) is 0 Å². The van der Waals surface area contributed by atoms with Crippen LogP contribution in [0.15, 0.2) is 12.2 Å². The summed E-state index contributed by atoms with van der Waals surface area (Å²) in [6, 6.07) is 0. The highest BCUT2D eigenvalue weighted by Crippen LogP contribution is 2.39. The van der Waals surface area contributed by atoms with Crippen molar-refractivity contribution >= 4 is 5.91 Å². The van der Waals surface area contributed by atoms with Gasteiger partial charge >= 0.3 is 0 Å². The molecule has 1 unspecified atom stereocenters. The zero-order valence-corrected chi connectivity index (χ0v) is 8.64. The fourth-order valence-corrected chi connectivity index (χ4v) is 1.04. The number of amides is 1. The average molecular weight is 169 g/mol. The molecule has 0 aromatic rings. The second-order valence-electron chi connectivity index (χ2n) is 4.32. The standard InChI is InChI=1S/C10H19NO/c1-6-7-10(5,8(11)12)9(2,3)4/h6-7H,1-5H3,(H2,11,12). The molecule has 0 spiro atoms. The van der Waals surface area contributed by atoms with Crippen LogP contribution in [0.3, 0.4) is 0 Å². The molecule has 2 nitrogen and oxygen atoms in total. The quantitative estimate of drug-likeness (QED) is 0.632. The van der Waals surface area contributed by atoms with Gasteiger partial charge in [0.1, 0.15) is 0 Å². The number of carbonyl (C=O) groups excluding carboxylic acids is 1. The molecule has 70 valence electrons. The van der Waals surface area contributed by atoms with Crippen LogP contribution in [-0.2, 0) is 4.79 Å². The van der Waals surface area contributed by atoms with E-state index in [0.717, 1.165) is 0 Å². The minimum Gasteiger partial charge on any atom is -0.369 e. The highest BCUT2D eigenvalue weighted by Gasteiger charge is 2.40. The monoisotopic (exact) mass is 169 g/mol. The smallest absolute Gasteiger partial charge is 0.227 e. The van der Waals surface area contributed by atoms with Gasteiger partial charge in [0, 0.05) is 0 Å². The molecular weight excluding hydrogens is 150 g/mol. The molecule has 2 N–H and O–H groups in total. The van der Waals surface area contributed by atoms with E-state index in [0.29, 0.717) is 0 Å². The van der Waals surface area contributed by atoms with Crippen LogP contribution in [0.2, 0.25) is 0 Å². The van der Waals surface area contributed by atoms with Crippen molar-refractivity contribution in [2.75, 3.05) is 0 Å². The zero-order valence-electron chi connectivity index (χ0n) is 8.64. The van der Waals surface area contributed by atoms with Crippen LogP contribution >= 0.6 is 0 Å². The van der Waals surface area contributed by atoms with Crippen LogP contribution in [0.4, 0.5) is 0 Å². The van der Waals surface area contributed by atoms with Gasteiger partial charge in [0.05, 0.1) is 5.41 Å². The lowest BCUT2D eigenvalue weighted by atomic mass is 9.67. The number of carbonyl (C=O) groups is 1. The Balaban J connectivity index is 5.01. The Morgan fingerprint density at radius 3 is 1.75 bits per heavy atom. The lowest BCUT2D eigenvalue weighted by molar-refractivity contribution is -0.129. The zero-order chi connectivity index (χ0) is 9.99. The molecule has 0 aromatic heterocycles. The minimum atomic E-state index is -0.554. The van der Waals surface area contributed by atoms with Gasteiger partial charge in [0.15, 0.2) is 0 Å². The summed E-state index contributed by atoms with van der Waals surface area (Å²) in [7, 11) is 0. The van der Waals surface area contributed by atoms with Crippen LogP contribution < -0.4 is 5.73 Å². The van der Waals surface area contributed by atoms with E-state index in [4.69, 9.17) is 5.73 Å². The van der Waals surface area contributed by atoms with Crippen molar-refractivity contribution in [3.8, 4) is 0 Å². The molecule has 12 heavy (non-hydrogen) atoms. The predicted molar refractivity (Wildman–Crippen MR) is 51.6 cm³/mol. The van der Waals surface area contributed by atoms with E-state index in [1.165, 1.54) is 0 Å². The van der Waals surface area contributed by atoms with Gasteiger partial charge in [-0.3, -0.25) is 4.79 Å². The Morgan fingerprint density at radius 1 is 1.25 bits per heavy atom. The molecule has 0 saturated heterocycles. The third-order valence-corrected chi connectivity index (χ3v) is 2.57. The third kappa shape index (κ3) is 1.87. The summed E-state index contributed by atoms with van der Waals surface area (Å²) in [5.41, 5.74) is 4.67. The largest absolute Gasteiger partial charge is 0.369 e. The molecule has 1 atom stereocenters. The molecule has 2 heteroatoms. The molecule has 0 radical (unpaired) electrons. The molecule has 0 aliphatic carbocycles. The molecular formula is C10H19NO. The van der Waals surface area contributed by atoms with E-state index < -0.39 is 5.41 Å². The number of hydrogen-bond acceptors (Lipinski definition) is 1. The molecule has 0 bridgehead atoms. The first-order chi connectivity index (χ1) is 5.25. The molecule has 0 saturated carbocycles. The van der Waals surface area contributed by atoms with E-state index in [1.54, 1.807) is 0 Å². The average Bonchev–Trinajstić information content (AvgIpc) is 1.85. The first kappa shape index (κ1) is 11.2. The number of primary amides is 1. The van der Waals surface area contributed by atoms with Gasteiger partial charge in [-0.2, -0.15) is 0 Å². The fourth-order valence-electron chi connectivity index (χ4n) is 1.04. The first-order valence-corrected chi connectivity index (χ1v) is 4.19. The lowest BCUT2D eigenvalue weighted by Crippen LogP contribution is -2.43. The maximum absolute atomic E-state index is 11.2. The lowest BCUT2D eigenvalue weighted by Gasteiger charge is -2.36. The van der Waals surface area contributed by atoms with E-state index in [-0.39, 0.29) is 11.3 Å². The molecule has 1 amide bonds. The second kappa shape index (κ2) is 3.30. The first-order valence-electron chi connectivity index (χ1n) is 4.19. The highest BCUT2D eigenvalue weighted by atomic mass is 16.1. The fraction of sp³-hybridized carbons (Fsp3) is 0.700. The van der Waals surface area contributed by atoms with Crippen molar-refractivity contribution in [3.05, 3.63) is 12.2 Å². The molecule has 0 fully saturated rings. The molecule has 0 heterocycles. The maximum atomic E-state index is 11.2. The Bertz CT molecular complexity index is 200. The summed E-state index contributed by atoms with van der Waals surface area (Å²) in [4.78, 5) is 11.2. The van der Waals surface area contributed by atoms with Crippen molar-refractivity contribution in [2.24, 2.45) is 16.6 Å². The van der Waals surface area contributed by atoms with Gasteiger partial charge in [-0.25, -0.2) is 0 Å². The van der Waals surface area contributed by atoms with Gasteiger partial charge in [-0.05, 0) is 19.3 Å². The van der Waals surface area contributed by atoms with E-state index in [1.807, 2.05) is 46.8 Å². The van der Waals surface area contributed by atoms with Crippen LogP contribution in [0.25, 0.3) is 0 Å². The maximum Gasteiger partial charge on any atom is 0.227 e. The van der Waals surface area contributed by atoms with Crippen molar-refractivity contribution < 1.29 is 4.79 Å². The third-order valence-electron chi connectivity index (χ3n) is 2.57. The van der Waals surface area contributed by atoms with Gasteiger partial charge in [-0.1, -0.05) is 32.9 Å². The van der Waals surface area contributed by atoms with E-state index in [9.17, 15) is 4.79 Å². The van der Waals surface area contributed by atoms with Gasteiger partial charge < -0.3 is 5.73 Å². The highest BCUT2D eigenvalue weighted by molar-refractivity contribution is 5.83. The Kier molecular flexibility index (Phi) is 3.08. The van der Waals surface area contributed by atoms with Crippen molar-refractivity contribution in [1.29, 1.82) is 0 Å². The number of allylic oxidation sites excluding steroid dienone is 1. The van der Waals surface area contributed by atoms with E-state index >= 15 is 0 Å². The van der Waals surface area contributed by atoms with Crippen molar-refractivity contribution in [1.82, 2.24) is 0 Å². The van der Waals surface area contributed by atoms with E-state index in [2.05, 4.69) is 0 Å². The summed E-state index contributed by atoms with van der Waals surface area (Å²) in [6.45, 7) is 9.80. The predicted octanol–water partition coefficient (Wildman–Crippen LogP) is 2.10. The number of rotatable bonds is 2. The minimum absolute atomic E-state index is 0.134.